The van der Waals surface area contributed by atoms with Gasteiger partial charge in [-0.2, -0.15) is 0 Å². The molecule has 20 heavy (non-hydrogen) atoms. The van der Waals surface area contributed by atoms with Crippen LogP contribution in [0, 0.1) is 5.92 Å². The number of nitrogens with one attached hydrogen (secondary N) is 1. The number of aryl methyl sites for hydroxylation is 1. The van der Waals surface area contributed by atoms with Crippen LogP contribution in [0.1, 0.15) is 80.3 Å². The molecule has 3 heteroatoms. The Labute approximate surface area is 127 Å². The molecule has 2 aliphatic rings. The zero-order chi connectivity index (χ0) is 13.9. The van der Waals surface area contributed by atoms with Crippen molar-refractivity contribution in [3.05, 3.63) is 15.6 Å². The maximum atomic E-state index is 5.00. The predicted octanol–water partition coefficient (Wildman–Crippen LogP) is 4.64. The van der Waals surface area contributed by atoms with E-state index in [0.717, 1.165) is 30.8 Å². The Morgan fingerprint density at radius 1 is 1.20 bits per heavy atom. The van der Waals surface area contributed by atoms with Gasteiger partial charge in [0.15, 0.2) is 0 Å². The lowest BCUT2D eigenvalue weighted by Gasteiger charge is -2.26. The first kappa shape index (κ1) is 14.5. The van der Waals surface area contributed by atoms with Crippen LogP contribution < -0.4 is 5.32 Å². The van der Waals surface area contributed by atoms with Crippen molar-refractivity contribution in [2.24, 2.45) is 5.92 Å². The van der Waals surface area contributed by atoms with Crippen molar-refractivity contribution in [3.63, 3.8) is 0 Å². The van der Waals surface area contributed by atoms with Crippen molar-refractivity contribution in [3.8, 4) is 0 Å². The van der Waals surface area contributed by atoms with E-state index in [4.69, 9.17) is 4.98 Å². The maximum absolute atomic E-state index is 5.00. The van der Waals surface area contributed by atoms with Crippen LogP contribution in [0.15, 0.2) is 0 Å². The summed E-state index contributed by atoms with van der Waals surface area (Å²) in [6.07, 6.45) is 10.8. The first-order valence-corrected chi connectivity index (χ1v) is 9.33. The minimum absolute atomic E-state index is 0.749. The van der Waals surface area contributed by atoms with E-state index in [1.54, 1.807) is 0 Å². The lowest BCUT2D eigenvalue weighted by Crippen LogP contribution is -2.15. The molecule has 1 aromatic heterocycles. The van der Waals surface area contributed by atoms with Gasteiger partial charge >= 0.3 is 0 Å². The normalized spacial score (nSPS) is 26.9. The largest absolute Gasteiger partial charge is 0.309 e. The zero-order valence-corrected chi connectivity index (χ0v) is 13.8. The third-order valence-electron chi connectivity index (χ3n) is 4.97. The van der Waals surface area contributed by atoms with Gasteiger partial charge in [-0.3, -0.25) is 0 Å². The van der Waals surface area contributed by atoms with Crippen LogP contribution in [0.25, 0.3) is 0 Å². The van der Waals surface area contributed by atoms with Crippen molar-refractivity contribution in [1.29, 1.82) is 0 Å². The number of nitrogens with zero attached hydrogens (tertiary/aromatic N) is 1. The summed E-state index contributed by atoms with van der Waals surface area (Å²) in [5, 5.41) is 5.09. The van der Waals surface area contributed by atoms with Crippen LogP contribution in [-0.2, 0) is 13.0 Å². The third kappa shape index (κ3) is 3.43. The Morgan fingerprint density at radius 2 is 2.05 bits per heavy atom. The molecule has 0 amide bonds. The van der Waals surface area contributed by atoms with E-state index < -0.39 is 0 Å². The van der Waals surface area contributed by atoms with E-state index in [2.05, 4.69) is 19.2 Å². The summed E-state index contributed by atoms with van der Waals surface area (Å²) in [6, 6.07) is 0.796. The quantitative estimate of drug-likeness (QED) is 0.826. The molecule has 2 saturated carbocycles. The first-order valence-electron chi connectivity index (χ1n) is 8.52. The monoisotopic (exact) mass is 292 g/mol. The van der Waals surface area contributed by atoms with E-state index in [1.165, 1.54) is 60.5 Å². The van der Waals surface area contributed by atoms with Crippen molar-refractivity contribution < 1.29 is 0 Å². The molecule has 0 bridgehead atoms. The molecular weight excluding hydrogens is 264 g/mol. The lowest BCUT2D eigenvalue weighted by atomic mass is 9.80. The highest BCUT2D eigenvalue weighted by atomic mass is 32.1. The highest BCUT2D eigenvalue weighted by Gasteiger charge is 2.26. The Balaban J connectivity index is 1.68. The molecule has 2 fully saturated rings. The first-order chi connectivity index (χ1) is 9.80. The van der Waals surface area contributed by atoms with Crippen LogP contribution in [0.3, 0.4) is 0 Å². The summed E-state index contributed by atoms with van der Waals surface area (Å²) in [7, 11) is 0. The van der Waals surface area contributed by atoms with Crippen LogP contribution in [-0.4, -0.2) is 11.0 Å². The molecule has 1 N–H and O–H groups in total. The number of hydrogen-bond acceptors (Lipinski definition) is 3. The molecule has 2 nitrogen and oxygen atoms in total. The van der Waals surface area contributed by atoms with Crippen molar-refractivity contribution in [1.82, 2.24) is 10.3 Å². The summed E-state index contributed by atoms with van der Waals surface area (Å²) in [5.41, 5.74) is 1.36. The molecule has 112 valence electrons. The standard InChI is InChI=1S/C17H28N2S/c1-3-12-6-5-7-13(10-12)17-19-15(4-2)16(20-17)11-18-14-8-9-14/h12-14,18H,3-11H2,1-2H3. The van der Waals surface area contributed by atoms with Crippen molar-refractivity contribution >= 4 is 11.3 Å². The fraction of sp³-hybridized carbons (Fsp3) is 0.824. The van der Waals surface area contributed by atoms with E-state index in [1.807, 2.05) is 11.3 Å². The molecule has 0 spiro atoms. The van der Waals surface area contributed by atoms with Crippen LogP contribution in [0.2, 0.25) is 0 Å². The molecule has 0 aromatic carbocycles. The van der Waals surface area contributed by atoms with Gasteiger partial charge in [0.25, 0.3) is 0 Å². The summed E-state index contributed by atoms with van der Waals surface area (Å²) in [4.78, 5) is 6.51. The topological polar surface area (TPSA) is 24.9 Å². The molecule has 0 saturated heterocycles. The second-order valence-electron chi connectivity index (χ2n) is 6.57. The molecule has 2 atom stereocenters. The highest BCUT2D eigenvalue weighted by Crippen LogP contribution is 2.39. The lowest BCUT2D eigenvalue weighted by molar-refractivity contribution is 0.314. The minimum Gasteiger partial charge on any atom is -0.309 e. The molecule has 1 heterocycles. The molecule has 0 aliphatic heterocycles. The molecule has 3 rings (SSSR count). The molecule has 0 radical (unpaired) electrons. The maximum Gasteiger partial charge on any atom is 0.0962 e. The highest BCUT2D eigenvalue weighted by molar-refractivity contribution is 7.11. The minimum atomic E-state index is 0.749. The van der Waals surface area contributed by atoms with Gasteiger partial charge in [-0.15, -0.1) is 11.3 Å². The summed E-state index contributed by atoms with van der Waals surface area (Å²) in [6.45, 7) is 5.64. The number of thiazole rings is 1. The van der Waals surface area contributed by atoms with Crippen molar-refractivity contribution in [2.75, 3.05) is 0 Å². The Bertz CT molecular complexity index is 436. The zero-order valence-electron chi connectivity index (χ0n) is 13.0. The van der Waals surface area contributed by atoms with E-state index >= 15 is 0 Å². The van der Waals surface area contributed by atoms with Crippen LogP contribution in [0.5, 0.6) is 0 Å². The Kier molecular flexibility index (Phi) is 4.77. The third-order valence-corrected chi connectivity index (χ3v) is 6.23. The second-order valence-corrected chi connectivity index (χ2v) is 7.68. The number of rotatable bonds is 6. The fourth-order valence-corrected chi connectivity index (χ4v) is 4.66. The van der Waals surface area contributed by atoms with Crippen molar-refractivity contribution in [2.45, 2.75) is 83.7 Å². The van der Waals surface area contributed by atoms with Gasteiger partial charge in [-0.1, -0.05) is 33.1 Å². The smallest absolute Gasteiger partial charge is 0.0962 e. The molecular formula is C17H28N2S. The average Bonchev–Trinajstić information content (AvgIpc) is 3.23. The molecule has 2 aliphatic carbocycles. The van der Waals surface area contributed by atoms with Gasteiger partial charge in [0, 0.05) is 23.4 Å². The Morgan fingerprint density at radius 3 is 2.75 bits per heavy atom. The van der Waals surface area contributed by atoms with Gasteiger partial charge in [0.1, 0.15) is 0 Å². The fourth-order valence-electron chi connectivity index (χ4n) is 3.40. The second kappa shape index (κ2) is 6.57. The van der Waals surface area contributed by atoms with Crippen LogP contribution in [0.4, 0.5) is 0 Å². The number of aromatic nitrogens is 1. The van der Waals surface area contributed by atoms with E-state index in [0.29, 0.717) is 0 Å². The summed E-state index contributed by atoms with van der Waals surface area (Å²) in [5.74, 6) is 1.69. The predicted molar refractivity (Wildman–Crippen MR) is 86.3 cm³/mol. The van der Waals surface area contributed by atoms with Gasteiger partial charge in [-0.05, 0) is 38.0 Å². The van der Waals surface area contributed by atoms with Gasteiger partial charge in [-0.25, -0.2) is 4.98 Å². The average molecular weight is 292 g/mol. The molecule has 1 aromatic rings. The number of hydrogen-bond donors (Lipinski definition) is 1. The van der Waals surface area contributed by atoms with Crippen LogP contribution >= 0.6 is 11.3 Å². The Hall–Kier alpha value is -0.410. The SMILES string of the molecule is CCc1nc(C2CCCC(CC)C2)sc1CNC1CC1. The summed E-state index contributed by atoms with van der Waals surface area (Å²) < 4.78 is 0. The van der Waals surface area contributed by atoms with E-state index in [-0.39, 0.29) is 0 Å². The van der Waals surface area contributed by atoms with Gasteiger partial charge in [0.2, 0.25) is 0 Å². The van der Waals surface area contributed by atoms with Gasteiger partial charge < -0.3 is 5.32 Å². The molecule has 2 unspecified atom stereocenters. The summed E-state index contributed by atoms with van der Waals surface area (Å²) >= 11 is 2.00. The van der Waals surface area contributed by atoms with Gasteiger partial charge in [0.05, 0.1) is 10.7 Å². The van der Waals surface area contributed by atoms with E-state index in [9.17, 15) is 0 Å².